The summed E-state index contributed by atoms with van der Waals surface area (Å²) in [6.07, 6.45) is 1.50. The van der Waals surface area contributed by atoms with Crippen molar-refractivity contribution in [1.82, 2.24) is 15.5 Å². The highest BCUT2D eigenvalue weighted by Crippen LogP contribution is 2.24. The molecule has 2 rings (SSSR count). The number of likely N-dealkylation sites (N-methyl/N-ethyl adjacent to an activating group) is 1. The van der Waals surface area contributed by atoms with Gasteiger partial charge in [-0.25, -0.2) is 0 Å². The predicted molar refractivity (Wildman–Crippen MR) is 96.1 cm³/mol. The van der Waals surface area contributed by atoms with Crippen molar-refractivity contribution in [3.8, 4) is 0 Å². The highest BCUT2D eigenvalue weighted by molar-refractivity contribution is 7.10. The van der Waals surface area contributed by atoms with E-state index in [1.807, 2.05) is 18.7 Å². The second-order valence-electron chi connectivity index (χ2n) is 5.70. The molecule has 0 bridgehead atoms. The first kappa shape index (κ1) is 19.9. The van der Waals surface area contributed by atoms with E-state index in [-0.39, 0.29) is 36.7 Å². The maximum Gasteiger partial charge on any atom is 0.223 e. The molecule has 1 aromatic heterocycles. The van der Waals surface area contributed by atoms with Crippen LogP contribution in [0.2, 0.25) is 0 Å². The Morgan fingerprint density at radius 3 is 2.91 bits per heavy atom. The summed E-state index contributed by atoms with van der Waals surface area (Å²) in [6.45, 7) is 7.01. The lowest BCUT2D eigenvalue weighted by Crippen LogP contribution is -2.39. The van der Waals surface area contributed by atoms with Crippen LogP contribution in [-0.2, 0) is 22.6 Å². The molecule has 130 valence electrons. The number of nitrogens with zero attached hydrogens (tertiary/aromatic N) is 1. The highest BCUT2D eigenvalue weighted by Gasteiger charge is 2.21. The number of amides is 2. The first-order valence-electron chi connectivity index (χ1n) is 7.93. The van der Waals surface area contributed by atoms with Crippen LogP contribution < -0.4 is 10.6 Å². The fourth-order valence-corrected chi connectivity index (χ4v) is 3.51. The number of hydrogen-bond acceptors (Lipinski definition) is 4. The fourth-order valence-electron chi connectivity index (χ4n) is 2.62. The molecule has 0 radical (unpaired) electrons. The number of rotatable bonds is 7. The van der Waals surface area contributed by atoms with E-state index in [0.717, 1.165) is 19.5 Å². The van der Waals surface area contributed by atoms with Crippen LogP contribution in [0, 0.1) is 0 Å². The third-order valence-electron chi connectivity index (χ3n) is 3.88. The van der Waals surface area contributed by atoms with Crippen LogP contribution in [0.25, 0.3) is 0 Å². The quantitative estimate of drug-likeness (QED) is 0.782. The Hall–Kier alpha value is -1.11. The highest BCUT2D eigenvalue weighted by atomic mass is 35.5. The van der Waals surface area contributed by atoms with Gasteiger partial charge in [-0.3, -0.25) is 9.59 Å². The third kappa shape index (κ3) is 6.12. The minimum atomic E-state index is -0.0497. The number of halogens is 1. The summed E-state index contributed by atoms with van der Waals surface area (Å²) < 4.78 is 0. The molecule has 0 saturated heterocycles. The first-order chi connectivity index (χ1) is 10.6. The van der Waals surface area contributed by atoms with Crippen molar-refractivity contribution < 1.29 is 9.59 Å². The summed E-state index contributed by atoms with van der Waals surface area (Å²) in [7, 11) is 0. The van der Waals surface area contributed by atoms with Crippen LogP contribution in [0.1, 0.15) is 37.1 Å². The van der Waals surface area contributed by atoms with Crippen LogP contribution >= 0.6 is 23.7 Å². The molecule has 0 spiro atoms. The average molecular weight is 360 g/mol. The van der Waals surface area contributed by atoms with Crippen molar-refractivity contribution in [2.24, 2.45) is 0 Å². The van der Waals surface area contributed by atoms with E-state index in [1.54, 1.807) is 11.3 Å². The molecule has 7 heteroatoms. The van der Waals surface area contributed by atoms with Gasteiger partial charge in [0.2, 0.25) is 11.8 Å². The van der Waals surface area contributed by atoms with Crippen LogP contribution in [0.5, 0.6) is 0 Å². The van der Waals surface area contributed by atoms with Gasteiger partial charge in [0.25, 0.3) is 0 Å². The molecule has 0 aromatic carbocycles. The predicted octanol–water partition coefficient (Wildman–Crippen LogP) is 1.95. The van der Waals surface area contributed by atoms with Crippen molar-refractivity contribution in [3.63, 3.8) is 0 Å². The minimum absolute atomic E-state index is 0. The molecule has 1 aliphatic heterocycles. The molecule has 1 aromatic rings. The van der Waals surface area contributed by atoms with Crippen LogP contribution in [-0.4, -0.2) is 42.4 Å². The maximum absolute atomic E-state index is 12.2. The van der Waals surface area contributed by atoms with E-state index in [2.05, 4.69) is 22.1 Å². The summed E-state index contributed by atoms with van der Waals surface area (Å²) in [6, 6.07) is 2.35. The zero-order valence-electron chi connectivity index (χ0n) is 13.8. The number of thiophene rings is 1. The topological polar surface area (TPSA) is 61.4 Å². The normalized spacial score (nSPS) is 14.6. The molecule has 2 N–H and O–H groups in total. The summed E-state index contributed by atoms with van der Waals surface area (Å²) in [5.74, 6) is 0.0260. The van der Waals surface area contributed by atoms with E-state index in [1.165, 1.54) is 10.4 Å². The third-order valence-corrected chi connectivity index (χ3v) is 4.91. The maximum atomic E-state index is 12.2. The molecule has 2 heterocycles. The van der Waals surface area contributed by atoms with Gasteiger partial charge in [-0.05, 0) is 36.9 Å². The van der Waals surface area contributed by atoms with Gasteiger partial charge in [0, 0.05) is 43.4 Å². The van der Waals surface area contributed by atoms with E-state index in [9.17, 15) is 9.59 Å². The Morgan fingerprint density at radius 1 is 1.39 bits per heavy atom. The summed E-state index contributed by atoms with van der Waals surface area (Å²) in [5.41, 5.74) is 1.26. The van der Waals surface area contributed by atoms with E-state index in [4.69, 9.17) is 0 Å². The van der Waals surface area contributed by atoms with Gasteiger partial charge in [0.15, 0.2) is 0 Å². The Balaban J connectivity index is 0.00000264. The number of nitrogens with one attached hydrogen (secondary N) is 2. The van der Waals surface area contributed by atoms with Crippen molar-refractivity contribution in [1.29, 1.82) is 0 Å². The minimum Gasteiger partial charge on any atom is -0.355 e. The molecule has 0 saturated carbocycles. The second-order valence-corrected chi connectivity index (χ2v) is 6.70. The SMILES string of the molecule is CCN[C@H](C)CNC(=O)CCC(=O)N1CCc2sccc2C1.Cl. The van der Waals surface area contributed by atoms with Crippen LogP contribution in [0.4, 0.5) is 0 Å². The fraction of sp³-hybridized carbons (Fsp3) is 0.625. The summed E-state index contributed by atoms with van der Waals surface area (Å²) in [5, 5.41) is 8.18. The number of carbonyl (C=O) groups excluding carboxylic acids is 2. The average Bonchev–Trinajstić information content (AvgIpc) is 2.98. The smallest absolute Gasteiger partial charge is 0.223 e. The standard InChI is InChI=1S/C16H25N3O2S.ClH/c1-3-17-12(2)10-18-15(20)4-5-16(21)19-8-6-14-13(11-19)7-9-22-14;/h7,9,12,17H,3-6,8,10-11H2,1-2H3,(H,18,20);1H/t12-;/m1./s1. The second kappa shape index (κ2) is 9.90. The molecule has 1 atom stereocenters. The van der Waals surface area contributed by atoms with Crippen LogP contribution in [0.3, 0.4) is 0 Å². The molecule has 1 aliphatic rings. The molecule has 0 fully saturated rings. The lowest BCUT2D eigenvalue weighted by Gasteiger charge is -2.27. The van der Waals surface area contributed by atoms with Crippen LogP contribution in [0.15, 0.2) is 11.4 Å². The monoisotopic (exact) mass is 359 g/mol. The Morgan fingerprint density at radius 2 is 2.17 bits per heavy atom. The van der Waals surface area contributed by atoms with Gasteiger partial charge in [-0.2, -0.15) is 0 Å². The molecule has 2 amide bonds. The summed E-state index contributed by atoms with van der Waals surface area (Å²) >= 11 is 1.76. The van der Waals surface area contributed by atoms with E-state index >= 15 is 0 Å². The number of carbonyl (C=O) groups is 2. The molecular formula is C16H26ClN3O2S. The molecule has 5 nitrogen and oxygen atoms in total. The van der Waals surface area contributed by atoms with Gasteiger partial charge < -0.3 is 15.5 Å². The van der Waals surface area contributed by atoms with Crippen molar-refractivity contribution in [2.75, 3.05) is 19.6 Å². The summed E-state index contributed by atoms with van der Waals surface area (Å²) in [4.78, 5) is 27.3. The molecule has 0 aliphatic carbocycles. The first-order valence-corrected chi connectivity index (χ1v) is 8.81. The van der Waals surface area contributed by atoms with Crippen molar-refractivity contribution in [3.05, 3.63) is 21.9 Å². The van der Waals surface area contributed by atoms with E-state index in [0.29, 0.717) is 19.5 Å². The zero-order chi connectivity index (χ0) is 15.9. The molecule has 23 heavy (non-hydrogen) atoms. The van der Waals surface area contributed by atoms with Gasteiger partial charge in [-0.15, -0.1) is 23.7 Å². The number of fused-ring (bicyclic) bond motifs is 1. The molecule has 0 unspecified atom stereocenters. The molecular weight excluding hydrogens is 334 g/mol. The van der Waals surface area contributed by atoms with Gasteiger partial charge in [0.1, 0.15) is 0 Å². The number of hydrogen-bond donors (Lipinski definition) is 2. The van der Waals surface area contributed by atoms with Crippen molar-refractivity contribution in [2.45, 2.75) is 45.7 Å². The Bertz CT molecular complexity index is 521. The van der Waals surface area contributed by atoms with E-state index < -0.39 is 0 Å². The van der Waals surface area contributed by atoms with Gasteiger partial charge >= 0.3 is 0 Å². The van der Waals surface area contributed by atoms with Gasteiger partial charge in [0.05, 0.1) is 0 Å². The largest absolute Gasteiger partial charge is 0.355 e. The zero-order valence-corrected chi connectivity index (χ0v) is 15.4. The Kier molecular flexibility index (Phi) is 8.58. The lowest BCUT2D eigenvalue weighted by atomic mass is 10.1. The lowest BCUT2D eigenvalue weighted by molar-refractivity contribution is -0.134. The van der Waals surface area contributed by atoms with Gasteiger partial charge in [-0.1, -0.05) is 6.92 Å². The van der Waals surface area contributed by atoms with Crippen molar-refractivity contribution >= 4 is 35.6 Å². The Labute approximate surface area is 148 Å².